The highest BCUT2D eigenvalue weighted by molar-refractivity contribution is 8.00. The smallest absolute Gasteiger partial charge is 0.258 e. The van der Waals surface area contributed by atoms with E-state index in [9.17, 15) is 10.1 Å². The summed E-state index contributed by atoms with van der Waals surface area (Å²) in [5.74, 6) is 0. The van der Waals surface area contributed by atoms with E-state index in [-0.39, 0.29) is 10.6 Å². The van der Waals surface area contributed by atoms with Gasteiger partial charge in [-0.2, -0.15) is 5.10 Å². The zero-order valence-corrected chi connectivity index (χ0v) is 10.3. The zero-order chi connectivity index (χ0) is 11.7. The lowest BCUT2D eigenvalue weighted by atomic mass is 10.4. The largest absolute Gasteiger partial charge is 0.323 e. The molecule has 1 heterocycles. The molecule has 1 aliphatic rings. The van der Waals surface area contributed by atoms with Gasteiger partial charge < -0.3 is 0 Å². The van der Waals surface area contributed by atoms with Gasteiger partial charge in [-0.25, -0.2) is 0 Å². The summed E-state index contributed by atoms with van der Waals surface area (Å²) in [6.07, 6.45) is 4.79. The first-order valence-electron chi connectivity index (χ1n) is 5.44. The van der Waals surface area contributed by atoms with Crippen molar-refractivity contribution in [2.24, 2.45) is 7.05 Å². The normalized spacial score (nSPS) is 16.9. The molecule has 0 aliphatic heterocycles. The molecule has 1 aromatic rings. The van der Waals surface area contributed by atoms with Gasteiger partial charge >= 0.3 is 5.69 Å². The predicted molar refractivity (Wildman–Crippen MR) is 62.7 cm³/mol. The van der Waals surface area contributed by atoms with Gasteiger partial charge in [0.05, 0.1) is 4.92 Å². The lowest BCUT2D eigenvalue weighted by Crippen LogP contribution is -2.00. The Morgan fingerprint density at radius 2 is 2.12 bits per heavy atom. The molecule has 5 nitrogen and oxygen atoms in total. The fourth-order valence-corrected chi connectivity index (χ4v) is 3.54. The number of thioether (sulfide) groups is 1. The van der Waals surface area contributed by atoms with Crippen LogP contribution in [0.2, 0.25) is 0 Å². The Hall–Kier alpha value is -1.04. The van der Waals surface area contributed by atoms with E-state index < -0.39 is 0 Å². The second kappa shape index (κ2) is 4.45. The first-order chi connectivity index (χ1) is 7.59. The van der Waals surface area contributed by atoms with Crippen LogP contribution in [0.25, 0.3) is 0 Å². The van der Waals surface area contributed by atoms with Gasteiger partial charge in [-0.15, -0.1) is 0 Å². The lowest BCUT2D eigenvalue weighted by Gasteiger charge is -2.07. The molecule has 16 heavy (non-hydrogen) atoms. The molecule has 6 heteroatoms. The molecule has 1 aromatic heterocycles. The van der Waals surface area contributed by atoms with Gasteiger partial charge in [0, 0.05) is 12.3 Å². The Morgan fingerprint density at radius 3 is 2.69 bits per heavy atom. The molecule has 1 saturated carbocycles. The van der Waals surface area contributed by atoms with Crippen LogP contribution >= 0.6 is 11.8 Å². The number of aryl methyl sites for hydroxylation is 2. The minimum atomic E-state index is -0.320. The van der Waals surface area contributed by atoms with Crippen LogP contribution in [0, 0.1) is 17.0 Å². The first kappa shape index (κ1) is 11.4. The summed E-state index contributed by atoms with van der Waals surface area (Å²) in [5.41, 5.74) is 0.687. The van der Waals surface area contributed by atoms with Crippen molar-refractivity contribution < 1.29 is 4.92 Å². The number of nitrogens with zero attached hydrogens (tertiary/aromatic N) is 3. The second-order valence-corrected chi connectivity index (χ2v) is 5.43. The minimum Gasteiger partial charge on any atom is -0.258 e. The van der Waals surface area contributed by atoms with Crippen LogP contribution in [0.15, 0.2) is 5.03 Å². The van der Waals surface area contributed by atoms with Crippen LogP contribution in [-0.4, -0.2) is 20.0 Å². The molecular weight excluding hydrogens is 226 g/mol. The van der Waals surface area contributed by atoms with Crippen LogP contribution in [-0.2, 0) is 7.05 Å². The summed E-state index contributed by atoms with van der Waals surface area (Å²) >= 11 is 1.61. The molecule has 1 fully saturated rings. The maximum Gasteiger partial charge on any atom is 0.323 e. The van der Waals surface area contributed by atoms with Crippen molar-refractivity contribution in [1.29, 1.82) is 0 Å². The standard InChI is InChI=1S/C10H15N3O2S/c1-7-9(13(14)15)10(12(2)11-7)16-8-5-3-4-6-8/h8H,3-6H2,1-2H3. The van der Waals surface area contributed by atoms with E-state index in [4.69, 9.17) is 0 Å². The highest BCUT2D eigenvalue weighted by atomic mass is 32.2. The fourth-order valence-electron chi connectivity index (χ4n) is 2.13. The molecule has 0 unspecified atom stereocenters. The number of aromatic nitrogens is 2. The quantitative estimate of drug-likeness (QED) is 0.603. The predicted octanol–water partition coefficient (Wildman–Crippen LogP) is 2.67. The van der Waals surface area contributed by atoms with Crippen LogP contribution < -0.4 is 0 Å². The van der Waals surface area contributed by atoms with E-state index >= 15 is 0 Å². The third kappa shape index (κ3) is 2.07. The molecule has 0 spiro atoms. The third-order valence-electron chi connectivity index (χ3n) is 2.90. The third-order valence-corrected chi connectivity index (χ3v) is 4.39. The van der Waals surface area contributed by atoms with Crippen molar-refractivity contribution in [2.75, 3.05) is 0 Å². The Bertz CT molecular complexity index is 410. The van der Waals surface area contributed by atoms with Crippen LogP contribution in [0.3, 0.4) is 0 Å². The van der Waals surface area contributed by atoms with Crippen LogP contribution in [0.5, 0.6) is 0 Å². The van der Waals surface area contributed by atoms with E-state index in [0.717, 1.165) is 12.8 Å². The SMILES string of the molecule is Cc1nn(C)c(SC2CCCC2)c1[N+](=O)[O-]. The fraction of sp³-hybridized carbons (Fsp3) is 0.700. The van der Waals surface area contributed by atoms with E-state index in [0.29, 0.717) is 16.0 Å². The maximum atomic E-state index is 11.0. The molecule has 0 amide bonds. The Kier molecular flexibility index (Phi) is 3.18. The molecule has 0 bridgehead atoms. The van der Waals surface area contributed by atoms with Crippen molar-refractivity contribution in [2.45, 2.75) is 42.9 Å². The highest BCUT2D eigenvalue weighted by Gasteiger charge is 2.27. The van der Waals surface area contributed by atoms with Gasteiger partial charge in [0.2, 0.25) is 0 Å². The molecule has 0 N–H and O–H groups in total. The summed E-state index contributed by atoms with van der Waals surface area (Å²) in [6, 6.07) is 0. The van der Waals surface area contributed by atoms with Gasteiger partial charge in [0.1, 0.15) is 5.69 Å². The summed E-state index contributed by atoms with van der Waals surface area (Å²) < 4.78 is 1.64. The minimum absolute atomic E-state index is 0.180. The van der Waals surface area contributed by atoms with Crippen molar-refractivity contribution >= 4 is 17.4 Å². The van der Waals surface area contributed by atoms with Gasteiger partial charge in [-0.05, 0) is 19.8 Å². The maximum absolute atomic E-state index is 11.0. The van der Waals surface area contributed by atoms with Crippen molar-refractivity contribution in [3.8, 4) is 0 Å². The number of hydrogen-bond donors (Lipinski definition) is 0. The van der Waals surface area contributed by atoms with Crippen molar-refractivity contribution in [3.63, 3.8) is 0 Å². The molecule has 0 saturated heterocycles. The zero-order valence-electron chi connectivity index (χ0n) is 9.47. The van der Waals surface area contributed by atoms with Crippen molar-refractivity contribution in [1.82, 2.24) is 9.78 Å². The highest BCUT2D eigenvalue weighted by Crippen LogP contribution is 2.39. The van der Waals surface area contributed by atoms with Gasteiger partial charge in [0.15, 0.2) is 5.03 Å². The Morgan fingerprint density at radius 1 is 1.50 bits per heavy atom. The lowest BCUT2D eigenvalue weighted by molar-refractivity contribution is -0.388. The summed E-state index contributed by atoms with van der Waals surface area (Å²) in [6.45, 7) is 1.69. The molecule has 0 radical (unpaired) electrons. The number of nitro groups is 1. The molecule has 2 rings (SSSR count). The Balaban J connectivity index is 2.27. The first-order valence-corrected chi connectivity index (χ1v) is 6.32. The monoisotopic (exact) mass is 241 g/mol. The van der Waals surface area contributed by atoms with E-state index in [1.807, 2.05) is 0 Å². The van der Waals surface area contributed by atoms with Gasteiger partial charge in [0.25, 0.3) is 0 Å². The number of hydrogen-bond acceptors (Lipinski definition) is 4. The second-order valence-electron chi connectivity index (χ2n) is 4.14. The van der Waals surface area contributed by atoms with Gasteiger partial charge in [-0.3, -0.25) is 14.8 Å². The summed E-state index contributed by atoms with van der Waals surface area (Å²) in [4.78, 5) is 10.6. The Labute approximate surface area is 98.4 Å². The average molecular weight is 241 g/mol. The van der Waals surface area contributed by atoms with Crippen LogP contribution in [0.4, 0.5) is 5.69 Å². The van der Waals surface area contributed by atoms with Crippen molar-refractivity contribution in [3.05, 3.63) is 15.8 Å². The summed E-state index contributed by atoms with van der Waals surface area (Å²) in [5, 5.41) is 16.3. The van der Waals surface area contributed by atoms with E-state index in [1.165, 1.54) is 12.8 Å². The summed E-state index contributed by atoms with van der Waals surface area (Å²) in [7, 11) is 1.78. The van der Waals surface area contributed by atoms with E-state index in [1.54, 1.807) is 30.4 Å². The van der Waals surface area contributed by atoms with E-state index in [2.05, 4.69) is 5.10 Å². The van der Waals surface area contributed by atoms with Gasteiger partial charge in [-0.1, -0.05) is 24.6 Å². The van der Waals surface area contributed by atoms with Crippen LogP contribution in [0.1, 0.15) is 31.4 Å². The molecule has 0 atom stereocenters. The average Bonchev–Trinajstić information content (AvgIpc) is 2.76. The molecule has 88 valence electrons. The molecular formula is C10H15N3O2S. The molecule has 1 aliphatic carbocycles. The topological polar surface area (TPSA) is 61.0 Å². The molecule has 0 aromatic carbocycles. The number of rotatable bonds is 3.